The van der Waals surface area contributed by atoms with Crippen molar-refractivity contribution >= 4 is 5.69 Å². The van der Waals surface area contributed by atoms with Gasteiger partial charge in [-0.05, 0) is 44.5 Å². The van der Waals surface area contributed by atoms with Gasteiger partial charge < -0.3 is 10.2 Å². The van der Waals surface area contributed by atoms with Gasteiger partial charge in [0.15, 0.2) is 0 Å². The lowest BCUT2D eigenvalue weighted by atomic mass is 10.1. The van der Waals surface area contributed by atoms with E-state index in [9.17, 15) is 4.39 Å². The lowest BCUT2D eigenvalue weighted by Gasteiger charge is -2.19. The highest BCUT2D eigenvalue weighted by Gasteiger charge is 2.17. The van der Waals surface area contributed by atoms with Crippen LogP contribution < -0.4 is 5.32 Å². The molecule has 1 unspecified atom stereocenters. The fourth-order valence-corrected chi connectivity index (χ4v) is 2.59. The molecule has 0 bridgehead atoms. The number of nitriles is 1. The Morgan fingerprint density at radius 3 is 3.00 bits per heavy atom. The maximum Gasteiger partial charge on any atom is 0.143 e. The van der Waals surface area contributed by atoms with Crippen LogP contribution in [0.15, 0.2) is 18.2 Å². The SMILES string of the molecule is CCN1CCCC(Nc2cccc(F)c2C#N)CC1. The maximum atomic E-state index is 13.5. The third-order valence-corrected chi connectivity index (χ3v) is 3.75. The predicted octanol–water partition coefficient (Wildman–Crippen LogP) is 2.98. The van der Waals surface area contributed by atoms with Crippen LogP contribution in [0.1, 0.15) is 31.7 Å². The highest BCUT2D eigenvalue weighted by atomic mass is 19.1. The predicted molar refractivity (Wildman–Crippen MR) is 74.5 cm³/mol. The summed E-state index contributed by atoms with van der Waals surface area (Å²) < 4.78 is 13.5. The molecule has 102 valence electrons. The average molecular weight is 261 g/mol. The molecule has 1 heterocycles. The minimum atomic E-state index is -0.448. The Balaban J connectivity index is 2.05. The normalized spacial score (nSPS) is 20.6. The van der Waals surface area contributed by atoms with Crippen LogP contribution in [0.4, 0.5) is 10.1 Å². The van der Waals surface area contributed by atoms with Gasteiger partial charge in [-0.2, -0.15) is 5.26 Å². The van der Waals surface area contributed by atoms with Crippen molar-refractivity contribution in [3.8, 4) is 6.07 Å². The van der Waals surface area contributed by atoms with Crippen molar-refractivity contribution in [1.82, 2.24) is 4.90 Å². The summed E-state index contributed by atoms with van der Waals surface area (Å²) in [5.41, 5.74) is 0.747. The Labute approximate surface area is 114 Å². The van der Waals surface area contributed by atoms with E-state index in [1.807, 2.05) is 6.07 Å². The van der Waals surface area contributed by atoms with Crippen LogP contribution in [0, 0.1) is 17.1 Å². The molecule has 4 heteroatoms. The zero-order valence-corrected chi connectivity index (χ0v) is 11.3. The van der Waals surface area contributed by atoms with Gasteiger partial charge in [-0.15, -0.1) is 0 Å². The molecular formula is C15H20FN3. The minimum Gasteiger partial charge on any atom is -0.381 e. The van der Waals surface area contributed by atoms with Crippen LogP contribution in [-0.4, -0.2) is 30.6 Å². The molecule has 0 aromatic heterocycles. The first-order valence-electron chi connectivity index (χ1n) is 6.92. The topological polar surface area (TPSA) is 39.1 Å². The number of benzene rings is 1. The summed E-state index contributed by atoms with van der Waals surface area (Å²) in [6, 6.07) is 7.02. The van der Waals surface area contributed by atoms with Crippen LogP contribution in [0.5, 0.6) is 0 Å². The molecule has 0 saturated carbocycles. The van der Waals surface area contributed by atoms with Crippen molar-refractivity contribution in [3.63, 3.8) is 0 Å². The molecule has 0 amide bonds. The number of hydrogen-bond donors (Lipinski definition) is 1. The van der Waals surface area contributed by atoms with Crippen molar-refractivity contribution in [3.05, 3.63) is 29.6 Å². The number of anilines is 1. The molecule has 1 fully saturated rings. The summed E-state index contributed by atoms with van der Waals surface area (Å²) in [6.07, 6.45) is 3.25. The lowest BCUT2D eigenvalue weighted by Crippen LogP contribution is -2.26. The van der Waals surface area contributed by atoms with E-state index in [1.54, 1.807) is 12.1 Å². The van der Waals surface area contributed by atoms with Crippen molar-refractivity contribution < 1.29 is 4.39 Å². The molecule has 3 nitrogen and oxygen atoms in total. The number of nitrogens with zero attached hydrogens (tertiary/aromatic N) is 2. The summed E-state index contributed by atoms with van der Waals surface area (Å²) in [6.45, 7) is 5.44. The lowest BCUT2D eigenvalue weighted by molar-refractivity contribution is 0.300. The van der Waals surface area contributed by atoms with E-state index >= 15 is 0 Å². The largest absolute Gasteiger partial charge is 0.381 e. The fourth-order valence-electron chi connectivity index (χ4n) is 2.59. The number of halogens is 1. The number of rotatable bonds is 3. The van der Waals surface area contributed by atoms with Gasteiger partial charge in [0.2, 0.25) is 0 Å². The van der Waals surface area contributed by atoms with Gasteiger partial charge in [0, 0.05) is 12.6 Å². The minimum absolute atomic E-state index is 0.124. The molecule has 1 aromatic rings. The van der Waals surface area contributed by atoms with E-state index in [1.165, 1.54) is 6.07 Å². The van der Waals surface area contributed by atoms with Crippen LogP contribution >= 0.6 is 0 Å². The summed E-state index contributed by atoms with van der Waals surface area (Å²) in [7, 11) is 0. The zero-order chi connectivity index (χ0) is 13.7. The van der Waals surface area contributed by atoms with E-state index < -0.39 is 5.82 Å². The van der Waals surface area contributed by atoms with E-state index in [2.05, 4.69) is 17.1 Å². The molecule has 1 N–H and O–H groups in total. The van der Waals surface area contributed by atoms with E-state index in [-0.39, 0.29) is 5.56 Å². The molecule has 1 saturated heterocycles. The van der Waals surface area contributed by atoms with Crippen LogP contribution in [0.25, 0.3) is 0 Å². The van der Waals surface area contributed by atoms with E-state index in [4.69, 9.17) is 5.26 Å². The quantitative estimate of drug-likeness (QED) is 0.909. The van der Waals surface area contributed by atoms with Crippen LogP contribution in [-0.2, 0) is 0 Å². The second kappa shape index (κ2) is 6.53. The van der Waals surface area contributed by atoms with Gasteiger partial charge in [-0.25, -0.2) is 4.39 Å². The average Bonchev–Trinajstić information content (AvgIpc) is 2.64. The second-order valence-corrected chi connectivity index (χ2v) is 4.98. The van der Waals surface area contributed by atoms with Crippen LogP contribution in [0.3, 0.4) is 0 Å². The summed E-state index contributed by atoms with van der Waals surface area (Å²) in [4.78, 5) is 2.43. The summed E-state index contributed by atoms with van der Waals surface area (Å²) in [5, 5.41) is 12.4. The molecule has 1 atom stereocenters. The van der Waals surface area contributed by atoms with Gasteiger partial charge in [-0.3, -0.25) is 0 Å². The molecule has 1 aromatic carbocycles. The number of hydrogen-bond acceptors (Lipinski definition) is 3. The molecule has 19 heavy (non-hydrogen) atoms. The number of nitrogens with one attached hydrogen (secondary N) is 1. The monoisotopic (exact) mass is 261 g/mol. The molecule has 0 aliphatic carbocycles. The molecule has 1 aliphatic rings. The van der Waals surface area contributed by atoms with Gasteiger partial charge in [0.25, 0.3) is 0 Å². The molecule has 0 spiro atoms. The van der Waals surface area contributed by atoms with Crippen molar-refractivity contribution in [2.75, 3.05) is 25.0 Å². The Bertz CT molecular complexity index is 467. The second-order valence-electron chi connectivity index (χ2n) is 4.98. The molecule has 0 radical (unpaired) electrons. The smallest absolute Gasteiger partial charge is 0.143 e. The van der Waals surface area contributed by atoms with Crippen molar-refractivity contribution in [2.45, 2.75) is 32.2 Å². The highest BCUT2D eigenvalue weighted by Crippen LogP contribution is 2.22. The Morgan fingerprint density at radius 2 is 2.26 bits per heavy atom. The van der Waals surface area contributed by atoms with Crippen LogP contribution in [0.2, 0.25) is 0 Å². The van der Waals surface area contributed by atoms with Gasteiger partial charge in [0.1, 0.15) is 17.4 Å². The first-order valence-corrected chi connectivity index (χ1v) is 6.92. The number of likely N-dealkylation sites (tertiary alicyclic amines) is 1. The van der Waals surface area contributed by atoms with Gasteiger partial charge in [-0.1, -0.05) is 13.0 Å². The first-order chi connectivity index (χ1) is 9.24. The van der Waals surface area contributed by atoms with E-state index in [0.717, 1.165) is 38.9 Å². The summed E-state index contributed by atoms with van der Waals surface area (Å²) in [5.74, 6) is -0.448. The first kappa shape index (κ1) is 13.8. The van der Waals surface area contributed by atoms with Gasteiger partial charge >= 0.3 is 0 Å². The Morgan fingerprint density at radius 1 is 1.42 bits per heavy atom. The third kappa shape index (κ3) is 3.45. The molecule has 2 rings (SSSR count). The molecular weight excluding hydrogens is 241 g/mol. The Kier molecular flexibility index (Phi) is 4.75. The molecule has 1 aliphatic heterocycles. The fraction of sp³-hybridized carbons (Fsp3) is 0.533. The standard InChI is InChI=1S/C15H20FN3/c1-2-19-9-4-5-12(8-10-19)18-15-7-3-6-14(16)13(15)11-17/h3,6-7,12,18H,2,4-5,8-10H2,1H3. The third-order valence-electron chi connectivity index (χ3n) is 3.75. The van der Waals surface area contributed by atoms with Gasteiger partial charge in [0.05, 0.1) is 5.69 Å². The Hall–Kier alpha value is -1.60. The van der Waals surface area contributed by atoms with Crippen molar-refractivity contribution in [2.24, 2.45) is 0 Å². The summed E-state index contributed by atoms with van der Waals surface area (Å²) >= 11 is 0. The highest BCUT2D eigenvalue weighted by molar-refractivity contribution is 5.58. The zero-order valence-electron chi connectivity index (χ0n) is 11.3. The van der Waals surface area contributed by atoms with Crippen molar-refractivity contribution in [1.29, 1.82) is 5.26 Å². The van der Waals surface area contributed by atoms with E-state index in [0.29, 0.717) is 11.7 Å². The maximum absolute atomic E-state index is 13.5.